The van der Waals surface area contributed by atoms with Gasteiger partial charge in [-0.2, -0.15) is 13.3 Å². The Morgan fingerprint density at radius 1 is 0.490 bits per heavy atom. The van der Waals surface area contributed by atoms with Gasteiger partial charge in [-0.15, -0.1) is 0 Å². The van der Waals surface area contributed by atoms with Crippen LogP contribution in [0.3, 0.4) is 0 Å². The van der Waals surface area contributed by atoms with Crippen LogP contribution in [0.1, 0.15) is 116 Å². The van der Waals surface area contributed by atoms with Crippen molar-refractivity contribution in [2.45, 2.75) is 135 Å². The molecule has 0 atom stereocenters. The van der Waals surface area contributed by atoms with Gasteiger partial charge in [0, 0.05) is 48.9 Å². The van der Waals surface area contributed by atoms with Crippen molar-refractivity contribution in [3.63, 3.8) is 0 Å². The number of rotatable bonds is 13. The van der Waals surface area contributed by atoms with Gasteiger partial charge in [0.25, 0.3) is 0 Å². The minimum atomic E-state index is -10.7. The van der Waals surface area contributed by atoms with Crippen LogP contribution in [0, 0.1) is 96.4 Å². The topological polar surface area (TPSA) is 109 Å². The van der Waals surface area contributed by atoms with Gasteiger partial charge in [-0.25, -0.2) is 0 Å². The van der Waals surface area contributed by atoms with Gasteiger partial charge in [-0.05, 0) is 128 Å². The predicted octanol–water partition coefficient (Wildman–Crippen LogP) is 21.2. The molecule has 9 rings (SSSR count). The number of nitrogens with zero attached hydrogens (tertiary/aromatic N) is 6. The van der Waals surface area contributed by atoms with E-state index in [1.165, 1.54) is 94.1 Å². The van der Waals surface area contributed by atoms with Crippen LogP contribution in [0.2, 0.25) is 0 Å². The first-order valence-corrected chi connectivity index (χ1v) is 45.0. The Kier molecular flexibility index (Phi) is 30.2. The fourth-order valence-electron chi connectivity index (χ4n) is 12.0. The first kappa shape index (κ1) is 88.2. The number of aromatic hydroxyl groups is 2. The van der Waals surface area contributed by atoms with E-state index >= 15 is 0 Å². The molecule has 6 aromatic carbocycles. The van der Waals surface area contributed by atoms with Gasteiger partial charge < -0.3 is 19.6 Å². The number of carbonyl (C=O) groups excluding carboxylic acids is 3. The molecule has 2 aliphatic heterocycles. The normalized spacial score (nSPS) is 13.9. The van der Waals surface area contributed by atoms with Gasteiger partial charge in [0.1, 0.15) is 0 Å². The Morgan fingerprint density at radius 3 is 1.04 bits per heavy atom. The van der Waals surface area contributed by atoms with Gasteiger partial charge in [0.2, 0.25) is 0 Å². The van der Waals surface area contributed by atoms with E-state index in [9.17, 15) is 65.9 Å². The van der Waals surface area contributed by atoms with Crippen molar-refractivity contribution in [3.05, 3.63) is 206 Å². The van der Waals surface area contributed by atoms with Crippen LogP contribution < -0.4 is 34.4 Å². The molecule has 0 unspecified atom stereocenters. The second-order valence-electron chi connectivity index (χ2n) is 25.7. The number of benzene rings is 6. The minimum absolute atomic E-state index is 0.0138. The van der Waals surface area contributed by atoms with Crippen molar-refractivity contribution in [3.8, 4) is 11.5 Å². The molecule has 0 saturated carbocycles. The number of hydrogen-bond acceptors (Lipinski definition) is 7. The standard InChI is InChI=1S/2C21H27N2.C17H18N2O2.C14H11F6NO3.4ClH.F6P.2Ru/c2*1-14-9-16(3)20(17(4)10-14)22-7-8-23(13-22)21-18(5)11-15(2)12-19(21)6;1-12(2)21-16-6-5-15(11-13(16)3)18-17(20)14-7-9-19(4)10-8-14;1-7(2)24-10-5-4-9(6-8(10)3)21(11(22)13(15,16)17)12(23)14(18,19)20;;;;;1-7(2,3,4,5)6;;/h2*9-13H,7-8H2,1-6H3;3,5-12H,1-2,4H3;3-7H,1-2H3;4*1H;;;/q2*-1;;;;;;;-1;2*+2/p-1. The second kappa shape index (κ2) is 35.6. The molecule has 0 aliphatic carbocycles. The molecule has 2 fully saturated rings. The summed E-state index contributed by atoms with van der Waals surface area (Å²) >= 11 is -4.54. The first-order valence-electron chi connectivity index (χ1n) is 32.0. The summed E-state index contributed by atoms with van der Waals surface area (Å²) in [6, 6.07) is 29.9. The average Bonchev–Trinajstić information content (AvgIpc) is 1.50. The van der Waals surface area contributed by atoms with Crippen molar-refractivity contribution < 1.29 is 107 Å². The number of imide groups is 1. The summed E-state index contributed by atoms with van der Waals surface area (Å²) in [5.74, 6) is -5.10. The number of pyridine rings is 1. The predicted molar refractivity (Wildman–Crippen MR) is 395 cm³/mol. The van der Waals surface area contributed by atoms with E-state index in [4.69, 9.17) is 38.8 Å². The quantitative estimate of drug-likeness (QED) is 0.0233. The second-order valence-corrected chi connectivity index (χ2v) is 39.0. The molecule has 0 spiro atoms. The molecule has 3 heterocycles. The third-order valence-electron chi connectivity index (χ3n) is 15.3. The van der Waals surface area contributed by atoms with Gasteiger partial charge >= 0.3 is 351 Å². The number of aliphatic hydroxyl groups is 2. The molecule has 12 nitrogen and oxygen atoms in total. The van der Waals surface area contributed by atoms with E-state index in [0.29, 0.717) is 11.3 Å². The zero-order valence-corrected chi connectivity index (χ0v) is 67.6. The number of nitrogens with one attached hydrogen (secondary N) is 1. The summed E-state index contributed by atoms with van der Waals surface area (Å²) in [4.78, 5) is 43.9. The SMILES string of the molecule is CC(C)[OH+]c1ccc(N(C(=O)C(F)(F)F)C(=O)C(F)(F)F)cc1[CH]=[Ru]([Cl])[Cl].CC(C)[OH+]c1ccc(NC(=O)c2cc[n+](C)cc2)cc1[CH]=[Ru]([Cl])[Cl].Cc1cc(C)c(N2[CH-]N(c3c(C)cc(C)cc3C)CC2)c(C)c1.Cc1cc(C)c(N2[CH-]N(c3c(C)cc(C)cc3C)CC2)c(C)c1.F[P-](F)(F)(F)(F)F. The van der Waals surface area contributed by atoms with Gasteiger partial charge in [0.05, 0.1) is 0 Å². The van der Waals surface area contributed by atoms with Crippen LogP contribution in [0.5, 0.6) is 11.5 Å². The molecule has 7 aromatic rings. The molecule has 3 amide bonds. The van der Waals surface area contributed by atoms with Crippen LogP contribution in [-0.2, 0) is 43.7 Å². The van der Waals surface area contributed by atoms with Crippen molar-refractivity contribution >= 4 is 108 Å². The molecule has 2 aliphatic rings. The Morgan fingerprint density at radius 2 is 0.769 bits per heavy atom. The Labute approximate surface area is 626 Å². The van der Waals surface area contributed by atoms with Crippen LogP contribution in [-0.4, -0.2) is 87.2 Å². The summed E-state index contributed by atoms with van der Waals surface area (Å²) in [6.07, 6.45) is -7.86. The van der Waals surface area contributed by atoms with Gasteiger partial charge in [0.15, 0.2) is 0 Å². The Balaban J connectivity index is 0.000000242. The Hall–Kier alpha value is -6.38. The zero-order chi connectivity index (χ0) is 78.7. The molecule has 31 heteroatoms. The number of hydrogen-bond donors (Lipinski definition) is 1. The van der Waals surface area contributed by atoms with Gasteiger partial charge in [-0.1, -0.05) is 70.8 Å². The fraction of sp³-hybridized carbons (Fsp3) is 0.342. The molecule has 104 heavy (non-hydrogen) atoms. The van der Waals surface area contributed by atoms with Crippen molar-refractivity contribution in [1.82, 2.24) is 0 Å². The van der Waals surface area contributed by atoms with Crippen molar-refractivity contribution in [2.75, 3.05) is 56.0 Å². The first-order chi connectivity index (χ1) is 47.7. The average molecular weight is 1740 g/mol. The van der Waals surface area contributed by atoms with E-state index < -0.39 is 69.6 Å². The number of aryl methyl sites for hydroxylation is 13. The molecule has 3 N–H and O–H groups in total. The van der Waals surface area contributed by atoms with Crippen molar-refractivity contribution in [1.29, 1.82) is 0 Å². The summed E-state index contributed by atoms with van der Waals surface area (Å²) in [7, 11) is 14.7. The van der Waals surface area contributed by atoms with Crippen LogP contribution >= 0.6 is 46.6 Å². The summed E-state index contributed by atoms with van der Waals surface area (Å²) in [5, 5.41) is 2.89. The summed E-state index contributed by atoms with van der Waals surface area (Å²) in [5.41, 5.74) is 22.9. The van der Waals surface area contributed by atoms with Crippen LogP contribution in [0.15, 0.2) is 109 Å². The maximum absolute atomic E-state index is 12.7. The maximum atomic E-state index is 12.7. The van der Waals surface area contributed by atoms with Crippen molar-refractivity contribution in [2.24, 2.45) is 7.05 Å². The van der Waals surface area contributed by atoms with Crippen LogP contribution in [0.25, 0.3) is 0 Å². The fourth-order valence-corrected chi connectivity index (χ4v) is 15.6. The summed E-state index contributed by atoms with van der Waals surface area (Å²) < 4.78 is 149. The number of carbonyl (C=O) groups is 3. The molecule has 0 bridgehead atoms. The number of anilines is 6. The van der Waals surface area contributed by atoms with Crippen LogP contribution in [0.4, 0.5) is 85.6 Å². The molecule has 2 saturated heterocycles. The zero-order valence-electron chi connectivity index (χ0n) is 60.2. The van der Waals surface area contributed by atoms with E-state index in [0.717, 1.165) is 55.7 Å². The number of aromatic nitrogens is 1. The monoisotopic (exact) mass is 1740 g/mol. The van der Waals surface area contributed by atoms with Gasteiger partial charge in [-0.3, -0.25) is 0 Å². The molecule has 1 aromatic heterocycles. The molecular weight excluding hydrogens is 1660 g/mol. The number of ether oxygens (including phenoxy) is 2. The van der Waals surface area contributed by atoms with E-state index in [1.54, 1.807) is 26.0 Å². The molecular formula is C73H86Cl4F12N7O5PRu2. The van der Waals surface area contributed by atoms with E-state index in [2.05, 4.69) is 179 Å². The third-order valence-corrected chi connectivity index (χ3v) is 18.9. The third kappa shape index (κ3) is 27.8. The molecule has 576 valence electrons. The number of alkyl halides is 6. The summed E-state index contributed by atoms with van der Waals surface area (Å²) in [6.45, 7) is 42.5. The Bertz CT molecular complexity index is 3950. The number of halogens is 16. The molecule has 0 radical (unpaired) electrons. The number of amides is 3. The van der Waals surface area contributed by atoms with E-state index in [1.807, 2.05) is 60.7 Å². The van der Waals surface area contributed by atoms with E-state index in [-0.39, 0.29) is 29.4 Å².